The molecule has 1 aromatic carbocycles. The Morgan fingerprint density at radius 3 is 3.00 bits per heavy atom. The summed E-state index contributed by atoms with van der Waals surface area (Å²) in [5, 5.41) is 14.5. The van der Waals surface area contributed by atoms with Gasteiger partial charge in [-0.05, 0) is 24.0 Å². The van der Waals surface area contributed by atoms with E-state index in [9.17, 15) is 9.59 Å². The highest BCUT2D eigenvalue weighted by atomic mass is 16.5. The number of aliphatic hydroxyl groups is 1. The molecule has 138 valence electrons. The predicted molar refractivity (Wildman–Crippen MR) is 94.2 cm³/mol. The second-order valence-corrected chi connectivity index (χ2v) is 7.06. The summed E-state index contributed by atoms with van der Waals surface area (Å²) in [7, 11) is 0. The second kappa shape index (κ2) is 6.81. The van der Waals surface area contributed by atoms with Crippen molar-refractivity contribution in [1.29, 1.82) is 0 Å². The summed E-state index contributed by atoms with van der Waals surface area (Å²) >= 11 is 0. The van der Waals surface area contributed by atoms with Crippen LogP contribution in [0.25, 0.3) is 0 Å². The van der Waals surface area contributed by atoms with Crippen LogP contribution in [-0.4, -0.2) is 58.8 Å². The lowest BCUT2D eigenvalue weighted by Gasteiger charge is -2.40. The third kappa shape index (κ3) is 2.91. The highest BCUT2D eigenvalue weighted by Crippen LogP contribution is 2.42. The fourth-order valence-electron chi connectivity index (χ4n) is 4.12. The normalized spacial score (nSPS) is 25.4. The van der Waals surface area contributed by atoms with Gasteiger partial charge in [0.25, 0.3) is 5.91 Å². The summed E-state index contributed by atoms with van der Waals surface area (Å²) in [4.78, 5) is 26.6. The number of aliphatic hydroxyl groups excluding tert-OH is 1. The van der Waals surface area contributed by atoms with E-state index in [0.717, 1.165) is 12.8 Å². The van der Waals surface area contributed by atoms with Crippen molar-refractivity contribution in [3.8, 4) is 0 Å². The lowest BCUT2D eigenvalue weighted by atomic mass is 9.85. The molecule has 2 amide bonds. The molecule has 1 fully saturated rings. The zero-order chi connectivity index (χ0) is 18.1. The fourth-order valence-corrected chi connectivity index (χ4v) is 4.12. The standard InChI is InChI=1S/C19H23N3O4/c23-11-10-22-17(24)7-6-16(20-22)18(25)21-9-3-8-19(13-21)15-5-2-1-4-14(15)12-26-19/h1-2,4-5,23H,3,6-13H2. The Balaban J connectivity index is 1.54. The molecule has 0 radical (unpaired) electrons. The fraction of sp³-hybridized carbons (Fsp3) is 0.526. The maximum absolute atomic E-state index is 13.0. The van der Waals surface area contributed by atoms with Crippen molar-refractivity contribution >= 4 is 17.5 Å². The van der Waals surface area contributed by atoms with Crippen molar-refractivity contribution < 1.29 is 19.4 Å². The van der Waals surface area contributed by atoms with Crippen LogP contribution >= 0.6 is 0 Å². The number of carbonyl (C=O) groups is 2. The average molecular weight is 357 g/mol. The molecule has 1 saturated heterocycles. The van der Waals surface area contributed by atoms with E-state index in [0.29, 0.717) is 31.8 Å². The minimum Gasteiger partial charge on any atom is -0.394 e. The zero-order valence-corrected chi connectivity index (χ0v) is 14.7. The number of fused-ring (bicyclic) bond motifs is 2. The maximum atomic E-state index is 13.0. The molecule has 0 bridgehead atoms. The number of amides is 2. The summed E-state index contributed by atoms with van der Waals surface area (Å²) in [6.45, 7) is 1.71. The van der Waals surface area contributed by atoms with Crippen molar-refractivity contribution in [3.63, 3.8) is 0 Å². The Morgan fingerprint density at radius 2 is 2.15 bits per heavy atom. The smallest absolute Gasteiger partial charge is 0.270 e. The number of hydrazone groups is 1. The van der Waals surface area contributed by atoms with E-state index in [2.05, 4.69) is 17.2 Å². The molecule has 3 heterocycles. The van der Waals surface area contributed by atoms with E-state index in [1.54, 1.807) is 4.90 Å². The maximum Gasteiger partial charge on any atom is 0.270 e. The molecule has 0 saturated carbocycles. The Bertz CT molecular complexity index is 759. The number of rotatable bonds is 3. The van der Waals surface area contributed by atoms with Crippen LogP contribution in [-0.2, 0) is 26.5 Å². The number of β-amino-alcohol motifs (C(OH)–C–C–N with tert-alkyl or cyclic N) is 1. The first kappa shape index (κ1) is 17.2. The van der Waals surface area contributed by atoms with Crippen molar-refractivity contribution in [2.24, 2.45) is 5.10 Å². The molecule has 0 aliphatic carbocycles. The second-order valence-electron chi connectivity index (χ2n) is 7.06. The number of piperidine rings is 1. The van der Waals surface area contributed by atoms with Gasteiger partial charge in [0, 0.05) is 19.4 Å². The van der Waals surface area contributed by atoms with Crippen molar-refractivity contribution in [3.05, 3.63) is 35.4 Å². The Labute approximate surface area is 152 Å². The Hall–Kier alpha value is -2.25. The lowest BCUT2D eigenvalue weighted by Crippen LogP contribution is -2.51. The summed E-state index contributed by atoms with van der Waals surface area (Å²) in [5.41, 5.74) is 2.33. The zero-order valence-electron chi connectivity index (χ0n) is 14.7. The van der Waals surface area contributed by atoms with Crippen molar-refractivity contribution in [2.75, 3.05) is 26.2 Å². The SMILES string of the molecule is O=C(C1=NN(CCO)C(=O)CC1)N1CCCC2(C1)OCc1ccccc12. The van der Waals surface area contributed by atoms with Gasteiger partial charge in [-0.3, -0.25) is 9.59 Å². The molecule has 1 aromatic rings. The highest BCUT2D eigenvalue weighted by Gasteiger charge is 2.45. The van der Waals surface area contributed by atoms with Gasteiger partial charge < -0.3 is 14.7 Å². The van der Waals surface area contributed by atoms with Gasteiger partial charge in [-0.15, -0.1) is 0 Å². The first-order valence-electron chi connectivity index (χ1n) is 9.13. The van der Waals surface area contributed by atoms with Gasteiger partial charge in [-0.1, -0.05) is 24.3 Å². The molecule has 3 aliphatic rings. The molecule has 3 aliphatic heterocycles. The number of carbonyl (C=O) groups excluding carboxylic acids is 2. The van der Waals surface area contributed by atoms with Crippen LogP contribution in [0.1, 0.15) is 36.8 Å². The van der Waals surface area contributed by atoms with Gasteiger partial charge in [0.2, 0.25) is 5.91 Å². The van der Waals surface area contributed by atoms with Gasteiger partial charge in [0.1, 0.15) is 11.3 Å². The van der Waals surface area contributed by atoms with Crippen LogP contribution < -0.4 is 0 Å². The Morgan fingerprint density at radius 1 is 1.31 bits per heavy atom. The monoisotopic (exact) mass is 357 g/mol. The van der Waals surface area contributed by atoms with Crippen molar-refractivity contribution in [1.82, 2.24) is 9.91 Å². The molecule has 7 heteroatoms. The minimum atomic E-state index is -0.430. The van der Waals surface area contributed by atoms with E-state index in [4.69, 9.17) is 9.84 Å². The third-order valence-corrected chi connectivity index (χ3v) is 5.42. The van der Waals surface area contributed by atoms with E-state index >= 15 is 0 Å². The van der Waals surface area contributed by atoms with Crippen LogP contribution in [0.4, 0.5) is 0 Å². The van der Waals surface area contributed by atoms with Crippen LogP contribution in [0, 0.1) is 0 Å². The molecular formula is C19H23N3O4. The first-order chi connectivity index (χ1) is 12.6. The average Bonchev–Trinajstić information content (AvgIpc) is 3.01. The number of hydrogen-bond donors (Lipinski definition) is 1. The van der Waals surface area contributed by atoms with Crippen LogP contribution in [0.3, 0.4) is 0 Å². The molecule has 1 atom stereocenters. The van der Waals surface area contributed by atoms with Crippen LogP contribution in [0.15, 0.2) is 29.4 Å². The van der Waals surface area contributed by atoms with E-state index in [1.807, 2.05) is 12.1 Å². The quantitative estimate of drug-likeness (QED) is 0.875. The van der Waals surface area contributed by atoms with E-state index in [-0.39, 0.29) is 31.4 Å². The highest BCUT2D eigenvalue weighted by molar-refractivity contribution is 6.39. The van der Waals surface area contributed by atoms with Gasteiger partial charge in [0.15, 0.2) is 0 Å². The molecule has 1 unspecified atom stereocenters. The Kier molecular flexibility index (Phi) is 4.50. The molecule has 1 spiro atoms. The van der Waals surface area contributed by atoms with Crippen LogP contribution in [0.2, 0.25) is 0 Å². The summed E-state index contributed by atoms with van der Waals surface area (Å²) < 4.78 is 6.17. The number of ether oxygens (including phenoxy) is 1. The molecule has 0 aromatic heterocycles. The molecule has 1 N–H and O–H groups in total. The summed E-state index contributed by atoms with van der Waals surface area (Å²) in [5.74, 6) is -0.286. The number of likely N-dealkylation sites (tertiary alicyclic amines) is 1. The van der Waals surface area contributed by atoms with E-state index < -0.39 is 5.60 Å². The predicted octanol–water partition coefficient (Wildman–Crippen LogP) is 1.01. The summed E-state index contributed by atoms with van der Waals surface area (Å²) in [6.07, 6.45) is 2.37. The molecule has 26 heavy (non-hydrogen) atoms. The first-order valence-corrected chi connectivity index (χ1v) is 9.13. The number of hydrogen-bond acceptors (Lipinski definition) is 5. The number of nitrogens with zero attached hydrogens (tertiary/aromatic N) is 3. The van der Waals surface area contributed by atoms with Gasteiger partial charge in [-0.2, -0.15) is 5.10 Å². The number of benzene rings is 1. The minimum absolute atomic E-state index is 0.121. The lowest BCUT2D eigenvalue weighted by molar-refractivity contribution is -0.137. The molecular weight excluding hydrogens is 334 g/mol. The summed E-state index contributed by atoms with van der Waals surface area (Å²) in [6, 6.07) is 8.20. The van der Waals surface area contributed by atoms with Gasteiger partial charge in [-0.25, -0.2) is 5.01 Å². The molecule has 7 nitrogen and oxygen atoms in total. The molecule has 4 rings (SSSR count). The van der Waals surface area contributed by atoms with Crippen LogP contribution in [0.5, 0.6) is 0 Å². The largest absolute Gasteiger partial charge is 0.394 e. The van der Waals surface area contributed by atoms with Crippen molar-refractivity contribution in [2.45, 2.75) is 37.9 Å². The third-order valence-electron chi connectivity index (χ3n) is 5.42. The topological polar surface area (TPSA) is 82.4 Å². The van der Waals surface area contributed by atoms with Gasteiger partial charge in [0.05, 0.1) is 26.3 Å². The van der Waals surface area contributed by atoms with Gasteiger partial charge >= 0.3 is 0 Å². The van der Waals surface area contributed by atoms with E-state index in [1.165, 1.54) is 16.1 Å².